The van der Waals surface area contributed by atoms with Crippen LogP contribution in [-0.2, 0) is 22.3 Å². The number of rotatable bonds is 6. The average molecular weight is 416 g/mol. The molecule has 0 bridgehead atoms. The van der Waals surface area contributed by atoms with E-state index in [-0.39, 0.29) is 5.75 Å². The number of nitrogens with zero attached hydrogens (tertiary/aromatic N) is 1. The molecule has 0 atom stereocenters. The van der Waals surface area contributed by atoms with Crippen molar-refractivity contribution in [3.05, 3.63) is 101 Å². The predicted octanol–water partition coefficient (Wildman–Crippen LogP) is 4.99. The van der Waals surface area contributed by atoms with Crippen LogP contribution >= 0.6 is 15.9 Å². The van der Waals surface area contributed by atoms with E-state index in [2.05, 4.69) is 15.9 Å². The van der Waals surface area contributed by atoms with Crippen molar-refractivity contribution in [2.45, 2.75) is 12.3 Å². The van der Waals surface area contributed by atoms with Gasteiger partial charge in [-0.1, -0.05) is 72.8 Å². The van der Waals surface area contributed by atoms with E-state index in [9.17, 15) is 8.42 Å². The largest absolute Gasteiger partial charge is 0.264 e. The van der Waals surface area contributed by atoms with Gasteiger partial charge in [-0.05, 0) is 39.2 Å². The topological polar surface area (TPSA) is 37.4 Å². The van der Waals surface area contributed by atoms with Crippen LogP contribution in [-0.4, -0.2) is 8.42 Å². The van der Waals surface area contributed by atoms with Crippen LogP contribution in [0, 0.1) is 0 Å². The SMILES string of the molecule is O=S(=O)(Cc1ccccc1)N(Cc1ccccc1)c1ccccc1Br. The lowest BCUT2D eigenvalue weighted by Crippen LogP contribution is -2.32. The van der Waals surface area contributed by atoms with Crippen molar-refractivity contribution < 1.29 is 8.42 Å². The average Bonchev–Trinajstić information content (AvgIpc) is 2.62. The molecule has 0 radical (unpaired) electrons. The summed E-state index contributed by atoms with van der Waals surface area (Å²) < 4.78 is 28.5. The Hall–Kier alpha value is -2.11. The second-order valence-corrected chi connectivity index (χ2v) is 8.43. The van der Waals surface area contributed by atoms with E-state index in [1.807, 2.05) is 84.9 Å². The van der Waals surface area contributed by atoms with Crippen LogP contribution in [0.5, 0.6) is 0 Å². The molecule has 0 saturated heterocycles. The van der Waals surface area contributed by atoms with Gasteiger partial charge in [0.15, 0.2) is 0 Å². The van der Waals surface area contributed by atoms with Crippen molar-refractivity contribution in [3.63, 3.8) is 0 Å². The molecule has 0 spiro atoms. The quantitative estimate of drug-likeness (QED) is 0.568. The number of sulfonamides is 1. The summed E-state index contributed by atoms with van der Waals surface area (Å²) in [6, 6.07) is 26.2. The zero-order valence-electron chi connectivity index (χ0n) is 13.5. The van der Waals surface area contributed by atoms with Gasteiger partial charge in [-0.15, -0.1) is 0 Å². The Morgan fingerprint density at radius 2 is 1.24 bits per heavy atom. The summed E-state index contributed by atoms with van der Waals surface area (Å²) in [7, 11) is -3.55. The summed E-state index contributed by atoms with van der Waals surface area (Å²) in [5, 5.41) is 0. The van der Waals surface area contributed by atoms with Crippen LogP contribution in [0.2, 0.25) is 0 Å². The molecule has 3 rings (SSSR count). The van der Waals surface area contributed by atoms with Gasteiger partial charge in [-0.3, -0.25) is 4.31 Å². The molecule has 0 saturated carbocycles. The minimum Gasteiger partial charge on any atom is -0.264 e. The number of para-hydroxylation sites is 1. The first-order valence-corrected chi connectivity index (χ1v) is 10.3. The van der Waals surface area contributed by atoms with E-state index in [0.717, 1.165) is 15.6 Å². The van der Waals surface area contributed by atoms with E-state index in [1.54, 1.807) is 0 Å². The Bertz CT molecular complexity index is 928. The molecule has 0 N–H and O–H groups in total. The van der Waals surface area contributed by atoms with Gasteiger partial charge in [-0.25, -0.2) is 8.42 Å². The first kappa shape index (κ1) is 17.7. The molecule has 3 nitrogen and oxygen atoms in total. The van der Waals surface area contributed by atoms with Crippen LogP contribution in [0.4, 0.5) is 5.69 Å². The number of benzene rings is 3. The van der Waals surface area contributed by atoms with Gasteiger partial charge in [0.25, 0.3) is 0 Å². The molecule has 0 unspecified atom stereocenters. The molecule has 0 aliphatic heterocycles. The number of hydrogen-bond acceptors (Lipinski definition) is 2. The third-order valence-electron chi connectivity index (χ3n) is 3.82. The molecule has 0 aromatic heterocycles. The first-order valence-electron chi connectivity index (χ1n) is 7.89. The zero-order valence-corrected chi connectivity index (χ0v) is 15.9. The summed E-state index contributed by atoms with van der Waals surface area (Å²) in [5.41, 5.74) is 2.35. The second-order valence-electron chi connectivity index (χ2n) is 5.69. The van der Waals surface area contributed by atoms with Crippen molar-refractivity contribution in [2.75, 3.05) is 4.31 Å². The zero-order chi connectivity index (χ0) is 17.7. The molecule has 3 aromatic rings. The molecule has 5 heteroatoms. The molecule has 0 amide bonds. The minimum absolute atomic E-state index is 0.0397. The second kappa shape index (κ2) is 7.85. The molecule has 3 aromatic carbocycles. The number of anilines is 1. The monoisotopic (exact) mass is 415 g/mol. The Morgan fingerprint density at radius 3 is 1.84 bits per heavy atom. The van der Waals surface area contributed by atoms with Crippen molar-refractivity contribution in [3.8, 4) is 0 Å². The Balaban J connectivity index is 1.99. The molecule has 0 fully saturated rings. The highest BCUT2D eigenvalue weighted by atomic mass is 79.9. The smallest absolute Gasteiger partial charge is 0.239 e. The van der Waals surface area contributed by atoms with Gasteiger partial charge in [0.05, 0.1) is 18.0 Å². The Labute approximate surface area is 157 Å². The fourth-order valence-electron chi connectivity index (χ4n) is 2.60. The Kier molecular flexibility index (Phi) is 5.56. The summed E-state index contributed by atoms with van der Waals surface area (Å²) in [5.74, 6) is -0.0397. The van der Waals surface area contributed by atoms with Gasteiger partial charge in [-0.2, -0.15) is 0 Å². The third-order valence-corrected chi connectivity index (χ3v) is 6.18. The highest BCUT2D eigenvalue weighted by molar-refractivity contribution is 9.10. The third kappa shape index (κ3) is 4.50. The molecule has 128 valence electrons. The van der Waals surface area contributed by atoms with E-state index < -0.39 is 10.0 Å². The van der Waals surface area contributed by atoms with E-state index in [1.165, 1.54) is 4.31 Å². The fraction of sp³-hybridized carbons (Fsp3) is 0.100. The Morgan fingerprint density at radius 1 is 0.720 bits per heavy atom. The van der Waals surface area contributed by atoms with Gasteiger partial charge in [0.1, 0.15) is 0 Å². The van der Waals surface area contributed by atoms with Crippen molar-refractivity contribution in [2.24, 2.45) is 0 Å². The van der Waals surface area contributed by atoms with Crippen molar-refractivity contribution in [1.82, 2.24) is 0 Å². The lowest BCUT2D eigenvalue weighted by atomic mass is 10.2. The maximum Gasteiger partial charge on any atom is 0.239 e. The van der Waals surface area contributed by atoms with Crippen LogP contribution in [0.15, 0.2) is 89.4 Å². The van der Waals surface area contributed by atoms with Crippen LogP contribution in [0.25, 0.3) is 0 Å². The van der Waals surface area contributed by atoms with E-state index >= 15 is 0 Å². The predicted molar refractivity (Wildman–Crippen MR) is 106 cm³/mol. The highest BCUT2D eigenvalue weighted by Gasteiger charge is 2.24. The lowest BCUT2D eigenvalue weighted by molar-refractivity contribution is 0.589. The number of halogens is 1. The fourth-order valence-corrected chi connectivity index (χ4v) is 4.79. The lowest BCUT2D eigenvalue weighted by Gasteiger charge is -2.25. The highest BCUT2D eigenvalue weighted by Crippen LogP contribution is 2.30. The summed E-state index contributed by atoms with van der Waals surface area (Å²) >= 11 is 3.48. The molecule has 0 heterocycles. The standard InChI is InChI=1S/C20H18BrNO2S/c21-19-13-7-8-14-20(19)22(15-17-9-3-1-4-10-17)25(23,24)16-18-11-5-2-6-12-18/h1-14H,15-16H2. The maximum absolute atomic E-state index is 13.2. The van der Waals surface area contributed by atoms with Gasteiger partial charge in [0, 0.05) is 4.47 Å². The van der Waals surface area contributed by atoms with Crippen LogP contribution in [0.3, 0.4) is 0 Å². The summed E-state index contributed by atoms with van der Waals surface area (Å²) in [6.07, 6.45) is 0. The number of hydrogen-bond donors (Lipinski definition) is 0. The molecular weight excluding hydrogens is 398 g/mol. The first-order chi connectivity index (χ1) is 12.1. The van der Waals surface area contributed by atoms with Crippen LogP contribution < -0.4 is 4.31 Å². The van der Waals surface area contributed by atoms with Gasteiger partial charge < -0.3 is 0 Å². The molecule has 0 aliphatic rings. The van der Waals surface area contributed by atoms with Gasteiger partial charge >= 0.3 is 0 Å². The van der Waals surface area contributed by atoms with E-state index in [0.29, 0.717) is 12.2 Å². The molecule has 25 heavy (non-hydrogen) atoms. The molecule has 0 aliphatic carbocycles. The van der Waals surface area contributed by atoms with Crippen molar-refractivity contribution >= 4 is 31.6 Å². The maximum atomic E-state index is 13.2. The van der Waals surface area contributed by atoms with Crippen molar-refractivity contribution in [1.29, 1.82) is 0 Å². The van der Waals surface area contributed by atoms with E-state index in [4.69, 9.17) is 0 Å². The molecular formula is C20H18BrNO2S. The minimum atomic E-state index is -3.55. The van der Waals surface area contributed by atoms with Crippen LogP contribution in [0.1, 0.15) is 11.1 Å². The summed E-state index contributed by atoms with van der Waals surface area (Å²) in [4.78, 5) is 0. The summed E-state index contributed by atoms with van der Waals surface area (Å²) in [6.45, 7) is 0.290. The normalized spacial score (nSPS) is 11.2. The van der Waals surface area contributed by atoms with Gasteiger partial charge in [0.2, 0.25) is 10.0 Å².